The Labute approximate surface area is 192 Å². The quantitative estimate of drug-likeness (QED) is 0.518. The molecule has 0 aliphatic carbocycles. The van der Waals surface area contributed by atoms with Crippen LogP contribution < -0.4 is 5.32 Å². The zero-order valence-corrected chi connectivity index (χ0v) is 18.8. The third-order valence-corrected chi connectivity index (χ3v) is 6.84. The molecule has 2 fully saturated rings. The molecule has 1 aromatic carbocycles. The van der Waals surface area contributed by atoms with Crippen LogP contribution >= 0.6 is 23.8 Å². The molecule has 0 bridgehead atoms. The van der Waals surface area contributed by atoms with Crippen molar-refractivity contribution in [1.82, 2.24) is 15.2 Å². The number of thiocarbonyl (C=S) groups is 1. The van der Waals surface area contributed by atoms with E-state index in [1.165, 1.54) is 0 Å². The number of hydrogen-bond acceptors (Lipinski definition) is 4. The molecule has 5 rings (SSSR count). The third-order valence-electron chi connectivity index (χ3n) is 6.07. The molecule has 31 heavy (non-hydrogen) atoms. The SMILES string of the molecule is Cc1c(Cl)cccc1-c1ccc(C2C(c3ccccn3)NC(=S)N2CC2CCCO2)o1. The van der Waals surface area contributed by atoms with Crippen molar-refractivity contribution in [3.8, 4) is 11.3 Å². The molecule has 2 aromatic heterocycles. The van der Waals surface area contributed by atoms with Crippen molar-refractivity contribution in [2.45, 2.75) is 38.0 Å². The van der Waals surface area contributed by atoms with Crippen LogP contribution in [0.4, 0.5) is 0 Å². The summed E-state index contributed by atoms with van der Waals surface area (Å²) in [5.74, 6) is 1.64. The van der Waals surface area contributed by atoms with Crippen LogP contribution in [0, 0.1) is 6.92 Å². The maximum atomic E-state index is 6.42. The van der Waals surface area contributed by atoms with Crippen molar-refractivity contribution < 1.29 is 9.15 Å². The van der Waals surface area contributed by atoms with E-state index in [-0.39, 0.29) is 18.2 Å². The number of ether oxygens (including phenoxy) is 1. The lowest BCUT2D eigenvalue weighted by Gasteiger charge is -2.28. The molecule has 0 spiro atoms. The number of nitrogens with zero attached hydrogens (tertiary/aromatic N) is 2. The van der Waals surface area contributed by atoms with E-state index in [2.05, 4.69) is 15.2 Å². The normalized spacial score (nSPS) is 23.4. The van der Waals surface area contributed by atoms with E-state index >= 15 is 0 Å². The first-order valence-electron chi connectivity index (χ1n) is 10.6. The van der Waals surface area contributed by atoms with Crippen molar-refractivity contribution in [1.29, 1.82) is 0 Å². The Bertz CT molecular complexity index is 1080. The number of furan rings is 1. The summed E-state index contributed by atoms with van der Waals surface area (Å²) in [6, 6.07) is 15.6. The Morgan fingerprint density at radius 1 is 1.19 bits per heavy atom. The van der Waals surface area contributed by atoms with Crippen LogP contribution in [-0.2, 0) is 4.74 Å². The zero-order chi connectivity index (χ0) is 21.4. The van der Waals surface area contributed by atoms with Gasteiger partial charge in [-0.2, -0.15) is 0 Å². The molecule has 0 saturated carbocycles. The fraction of sp³-hybridized carbons (Fsp3) is 0.333. The van der Waals surface area contributed by atoms with E-state index in [0.29, 0.717) is 5.11 Å². The number of aromatic nitrogens is 1. The largest absolute Gasteiger partial charge is 0.459 e. The first-order valence-corrected chi connectivity index (χ1v) is 11.4. The van der Waals surface area contributed by atoms with Gasteiger partial charge in [0.25, 0.3) is 0 Å². The Kier molecular flexibility index (Phi) is 5.69. The monoisotopic (exact) mass is 453 g/mol. The molecule has 2 aliphatic heterocycles. The Hall–Kier alpha value is -2.41. The molecular formula is C24H24ClN3O2S. The maximum Gasteiger partial charge on any atom is 0.170 e. The Balaban J connectivity index is 1.52. The lowest BCUT2D eigenvalue weighted by atomic mass is 10.0. The number of rotatable bonds is 5. The maximum absolute atomic E-state index is 6.42. The molecule has 4 heterocycles. The van der Waals surface area contributed by atoms with Crippen molar-refractivity contribution >= 4 is 28.9 Å². The van der Waals surface area contributed by atoms with E-state index in [1.54, 1.807) is 0 Å². The summed E-state index contributed by atoms with van der Waals surface area (Å²) in [5, 5.41) is 4.90. The number of halogens is 1. The van der Waals surface area contributed by atoms with Crippen molar-refractivity contribution in [2.24, 2.45) is 0 Å². The van der Waals surface area contributed by atoms with Gasteiger partial charge in [0.2, 0.25) is 0 Å². The molecular weight excluding hydrogens is 430 g/mol. The smallest absolute Gasteiger partial charge is 0.170 e. The fourth-order valence-corrected chi connectivity index (χ4v) is 4.94. The van der Waals surface area contributed by atoms with Gasteiger partial charge in [0.05, 0.1) is 17.8 Å². The minimum atomic E-state index is -0.111. The second-order valence-electron chi connectivity index (χ2n) is 8.03. The van der Waals surface area contributed by atoms with Crippen LogP contribution in [-0.4, -0.2) is 34.3 Å². The van der Waals surface area contributed by atoms with Crippen molar-refractivity contribution in [2.75, 3.05) is 13.2 Å². The Morgan fingerprint density at radius 2 is 2.10 bits per heavy atom. The van der Waals surface area contributed by atoms with Gasteiger partial charge < -0.3 is 19.4 Å². The minimum absolute atomic E-state index is 0.102. The van der Waals surface area contributed by atoms with Gasteiger partial charge in [0.15, 0.2) is 5.11 Å². The van der Waals surface area contributed by atoms with E-state index in [1.807, 2.05) is 61.7 Å². The highest BCUT2D eigenvalue weighted by molar-refractivity contribution is 7.80. The summed E-state index contributed by atoms with van der Waals surface area (Å²) >= 11 is 12.1. The molecule has 3 aromatic rings. The number of benzene rings is 1. The highest BCUT2D eigenvalue weighted by Gasteiger charge is 2.42. The van der Waals surface area contributed by atoms with Crippen LogP contribution in [0.25, 0.3) is 11.3 Å². The fourth-order valence-electron chi connectivity index (χ4n) is 4.45. The topological polar surface area (TPSA) is 50.5 Å². The summed E-state index contributed by atoms with van der Waals surface area (Å²) < 4.78 is 12.3. The van der Waals surface area contributed by atoms with Crippen LogP contribution in [0.3, 0.4) is 0 Å². The van der Waals surface area contributed by atoms with Crippen molar-refractivity contribution in [3.05, 3.63) is 76.8 Å². The second-order valence-corrected chi connectivity index (χ2v) is 8.82. The van der Waals surface area contributed by atoms with E-state index < -0.39 is 0 Å². The molecule has 3 unspecified atom stereocenters. The van der Waals surface area contributed by atoms with Crippen LogP contribution in [0.2, 0.25) is 5.02 Å². The van der Waals surface area contributed by atoms with Gasteiger partial charge in [-0.15, -0.1) is 0 Å². The first-order chi connectivity index (χ1) is 15.1. The van der Waals surface area contributed by atoms with E-state index in [9.17, 15) is 0 Å². The lowest BCUT2D eigenvalue weighted by Crippen LogP contribution is -2.36. The number of pyridine rings is 1. The highest BCUT2D eigenvalue weighted by atomic mass is 35.5. The van der Waals surface area contributed by atoms with Crippen LogP contribution in [0.1, 0.15) is 41.9 Å². The number of nitrogens with one attached hydrogen (secondary N) is 1. The van der Waals surface area contributed by atoms with Gasteiger partial charge in [0.1, 0.15) is 17.6 Å². The lowest BCUT2D eigenvalue weighted by molar-refractivity contribution is 0.0818. The van der Waals surface area contributed by atoms with Crippen molar-refractivity contribution in [3.63, 3.8) is 0 Å². The van der Waals surface area contributed by atoms with Crippen LogP contribution in [0.5, 0.6) is 0 Å². The molecule has 1 N–H and O–H groups in total. The molecule has 2 saturated heterocycles. The standard InChI is InChI=1S/C24H24ClN3O2S/c1-15-17(7-4-8-18(15)25)20-10-11-21(30-20)23-22(19-9-2-3-12-26-19)27-24(31)28(23)14-16-6-5-13-29-16/h2-4,7-12,16,22-23H,5-6,13-14H2,1H3,(H,27,31). The average Bonchev–Trinajstić information content (AvgIpc) is 3.52. The summed E-state index contributed by atoms with van der Waals surface area (Å²) in [5.41, 5.74) is 2.93. The molecule has 5 nitrogen and oxygen atoms in total. The summed E-state index contributed by atoms with van der Waals surface area (Å²) in [6.45, 7) is 3.55. The molecule has 7 heteroatoms. The molecule has 0 radical (unpaired) electrons. The third kappa shape index (κ3) is 3.95. The average molecular weight is 454 g/mol. The summed E-state index contributed by atoms with van der Waals surface area (Å²) in [7, 11) is 0. The summed E-state index contributed by atoms with van der Waals surface area (Å²) in [6.07, 6.45) is 4.12. The van der Waals surface area contributed by atoms with Gasteiger partial charge in [-0.3, -0.25) is 4.98 Å². The second kappa shape index (κ2) is 8.61. The van der Waals surface area contributed by atoms with Gasteiger partial charge in [-0.25, -0.2) is 0 Å². The molecule has 160 valence electrons. The molecule has 2 aliphatic rings. The highest BCUT2D eigenvalue weighted by Crippen LogP contribution is 2.41. The predicted octanol–water partition coefficient (Wildman–Crippen LogP) is 5.45. The van der Waals surface area contributed by atoms with E-state index in [4.69, 9.17) is 33.0 Å². The molecule has 0 amide bonds. The first kappa shape index (κ1) is 20.5. The zero-order valence-electron chi connectivity index (χ0n) is 17.3. The van der Waals surface area contributed by atoms with Gasteiger partial charge in [0, 0.05) is 29.9 Å². The predicted molar refractivity (Wildman–Crippen MR) is 125 cm³/mol. The minimum Gasteiger partial charge on any atom is -0.459 e. The number of hydrogen-bond donors (Lipinski definition) is 1. The van der Waals surface area contributed by atoms with Gasteiger partial charge in [-0.05, 0) is 67.9 Å². The van der Waals surface area contributed by atoms with Gasteiger partial charge in [-0.1, -0.05) is 29.8 Å². The summed E-state index contributed by atoms with van der Waals surface area (Å²) in [4.78, 5) is 6.78. The van der Waals surface area contributed by atoms with Gasteiger partial charge >= 0.3 is 0 Å². The Morgan fingerprint density at radius 3 is 2.87 bits per heavy atom. The molecule has 3 atom stereocenters. The van der Waals surface area contributed by atoms with Crippen LogP contribution in [0.15, 0.2) is 59.1 Å². The van der Waals surface area contributed by atoms with E-state index in [0.717, 1.165) is 59.4 Å².